The molecule has 98 valence electrons. The summed E-state index contributed by atoms with van der Waals surface area (Å²) in [4.78, 5) is 0. The smallest absolute Gasteiger partial charge is 0.279 e. The summed E-state index contributed by atoms with van der Waals surface area (Å²) in [5, 5.41) is 0. The van der Waals surface area contributed by atoms with Crippen LogP contribution in [0.2, 0.25) is 0 Å². The first-order valence-electron chi connectivity index (χ1n) is 5.47. The molecule has 0 aromatic carbocycles. The predicted molar refractivity (Wildman–Crippen MR) is 67.8 cm³/mol. The molecule has 16 heavy (non-hydrogen) atoms. The summed E-state index contributed by atoms with van der Waals surface area (Å²) < 4.78 is 27.8. The molecule has 0 bridgehead atoms. The summed E-state index contributed by atoms with van der Waals surface area (Å²) in [5.41, 5.74) is 5.56. The molecule has 1 heterocycles. The van der Waals surface area contributed by atoms with Gasteiger partial charge in [-0.15, -0.1) is 12.4 Å². The van der Waals surface area contributed by atoms with Crippen molar-refractivity contribution in [3.63, 3.8) is 0 Å². The fourth-order valence-electron chi connectivity index (χ4n) is 1.93. The maximum Gasteiger partial charge on any atom is 0.279 e. The van der Waals surface area contributed by atoms with Crippen molar-refractivity contribution in [3.05, 3.63) is 0 Å². The number of halogens is 1. The molecule has 3 N–H and O–H groups in total. The van der Waals surface area contributed by atoms with Crippen LogP contribution in [-0.4, -0.2) is 38.4 Å². The second-order valence-electron chi connectivity index (χ2n) is 4.16. The fourth-order valence-corrected chi connectivity index (χ4v) is 3.52. The molecule has 0 spiro atoms. The molecule has 7 heteroatoms. The topological polar surface area (TPSA) is 75.4 Å². The molecule has 1 aliphatic rings. The molecule has 1 rings (SSSR count). The Morgan fingerprint density at radius 3 is 2.56 bits per heavy atom. The number of nitrogens with one attached hydrogen (secondary N) is 1. The lowest BCUT2D eigenvalue weighted by Gasteiger charge is -2.21. The number of hydrogen-bond donors (Lipinski definition) is 2. The van der Waals surface area contributed by atoms with Gasteiger partial charge in [-0.1, -0.05) is 6.92 Å². The lowest BCUT2D eigenvalue weighted by Crippen LogP contribution is -2.43. The molecule has 0 aromatic heterocycles. The van der Waals surface area contributed by atoms with Crippen LogP contribution in [0.25, 0.3) is 0 Å². The van der Waals surface area contributed by atoms with Crippen molar-refractivity contribution < 1.29 is 8.42 Å². The van der Waals surface area contributed by atoms with Crippen molar-refractivity contribution in [2.75, 3.05) is 19.6 Å². The second kappa shape index (κ2) is 6.76. The van der Waals surface area contributed by atoms with Crippen LogP contribution in [0.4, 0.5) is 0 Å². The SMILES string of the molecule is CCCNS(=O)(=O)N1CC(CN)CC1C.Cl. The van der Waals surface area contributed by atoms with Crippen LogP contribution in [0.5, 0.6) is 0 Å². The standard InChI is InChI=1S/C9H21N3O2S.ClH/c1-3-4-11-15(13,14)12-7-9(6-10)5-8(12)2;/h8-9,11H,3-7,10H2,1-2H3;1H. The van der Waals surface area contributed by atoms with E-state index in [1.165, 1.54) is 4.31 Å². The molecule has 2 unspecified atom stereocenters. The van der Waals surface area contributed by atoms with Crippen LogP contribution >= 0.6 is 12.4 Å². The van der Waals surface area contributed by atoms with E-state index in [0.29, 0.717) is 25.6 Å². The van der Waals surface area contributed by atoms with Gasteiger partial charge in [0.25, 0.3) is 10.2 Å². The monoisotopic (exact) mass is 271 g/mol. The molecule has 0 aliphatic carbocycles. The van der Waals surface area contributed by atoms with E-state index in [9.17, 15) is 8.42 Å². The Balaban J connectivity index is 0.00000225. The maximum absolute atomic E-state index is 11.8. The van der Waals surface area contributed by atoms with E-state index >= 15 is 0 Å². The zero-order valence-corrected chi connectivity index (χ0v) is 11.5. The highest BCUT2D eigenvalue weighted by molar-refractivity contribution is 7.87. The van der Waals surface area contributed by atoms with Gasteiger partial charge in [0.15, 0.2) is 0 Å². The average Bonchev–Trinajstić information content (AvgIpc) is 2.57. The van der Waals surface area contributed by atoms with E-state index in [4.69, 9.17) is 5.73 Å². The van der Waals surface area contributed by atoms with E-state index in [1.54, 1.807) is 0 Å². The number of nitrogens with zero attached hydrogens (tertiary/aromatic N) is 1. The van der Waals surface area contributed by atoms with Gasteiger partial charge >= 0.3 is 0 Å². The van der Waals surface area contributed by atoms with Crippen molar-refractivity contribution >= 4 is 22.6 Å². The summed E-state index contributed by atoms with van der Waals surface area (Å²) in [6.07, 6.45) is 1.67. The molecule has 1 aliphatic heterocycles. The van der Waals surface area contributed by atoms with E-state index in [0.717, 1.165) is 12.8 Å². The molecule has 5 nitrogen and oxygen atoms in total. The summed E-state index contributed by atoms with van der Waals surface area (Å²) in [6, 6.07) is 0.0629. The van der Waals surface area contributed by atoms with Crippen LogP contribution in [0.15, 0.2) is 0 Å². The molecule has 0 amide bonds. The van der Waals surface area contributed by atoms with Crippen molar-refractivity contribution in [2.45, 2.75) is 32.7 Å². The summed E-state index contributed by atoms with van der Waals surface area (Å²) in [7, 11) is -3.29. The van der Waals surface area contributed by atoms with E-state index in [1.807, 2.05) is 13.8 Å². The Bertz CT molecular complexity index is 297. The van der Waals surface area contributed by atoms with Crippen LogP contribution < -0.4 is 10.5 Å². The lowest BCUT2D eigenvalue weighted by molar-refractivity contribution is 0.396. The highest BCUT2D eigenvalue weighted by Gasteiger charge is 2.35. The van der Waals surface area contributed by atoms with Crippen molar-refractivity contribution in [1.82, 2.24) is 9.03 Å². The van der Waals surface area contributed by atoms with Crippen LogP contribution in [-0.2, 0) is 10.2 Å². The minimum Gasteiger partial charge on any atom is -0.330 e. The fraction of sp³-hybridized carbons (Fsp3) is 1.00. The van der Waals surface area contributed by atoms with Gasteiger partial charge in [0.05, 0.1) is 0 Å². The Morgan fingerprint density at radius 1 is 1.50 bits per heavy atom. The predicted octanol–water partition coefficient (Wildman–Crippen LogP) is 0.322. The van der Waals surface area contributed by atoms with E-state index in [-0.39, 0.29) is 18.4 Å². The van der Waals surface area contributed by atoms with Gasteiger partial charge < -0.3 is 5.73 Å². The number of nitrogens with two attached hydrogens (primary N) is 1. The third-order valence-electron chi connectivity index (χ3n) is 2.78. The van der Waals surface area contributed by atoms with Gasteiger partial charge in [-0.25, -0.2) is 4.72 Å². The van der Waals surface area contributed by atoms with Crippen LogP contribution in [0, 0.1) is 5.92 Å². The number of hydrogen-bond acceptors (Lipinski definition) is 3. The molecule has 1 fully saturated rings. The van der Waals surface area contributed by atoms with Crippen LogP contribution in [0.1, 0.15) is 26.7 Å². The maximum atomic E-state index is 11.8. The molecule has 0 radical (unpaired) electrons. The van der Waals surface area contributed by atoms with Crippen LogP contribution in [0.3, 0.4) is 0 Å². The van der Waals surface area contributed by atoms with Crippen molar-refractivity contribution in [2.24, 2.45) is 11.7 Å². The first-order valence-corrected chi connectivity index (χ1v) is 6.91. The van der Waals surface area contributed by atoms with Crippen molar-refractivity contribution in [1.29, 1.82) is 0 Å². The first kappa shape index (κ1) is 16.1. The summed E-state index contributed by atoms with van der Waals surface area (Å²) >= 11 is 0. The normalized spacial score (nSPS) is 26.7. The van der Waals surface area contributed by atoms with Gasteiger partial charge in [0.2, 0.25) is 0 Å². The van der Waals surface area contributed by atoms with Gasteiger partial charge in [-0.05, 0) is 32.2 Å². The van der Waals surface area contributed by atoms with Gasteiger partial charge in [-0.2, -0.15) is 12.7 Å². The zero-order valence-electron chi connectivity index (χ0n) is 9.85. The Morgan fingerprint density at radius 2 is 2.12 bits per heavy atom. The molecular weight excluding hydrogens is 250 g/mol. The minimum absolute atomic E-state index is 0. The molecule has 0 saturated carbocycles. The molecule has 2 atom stereocenters. The highest BCUT2D eigenvalue weighted by atomic mass is 35.5. The summed E-state index contributed by atoms with van der Waals surface area (Å²) in [5.74, 6) is 0.304. The average molecular weight is 272 g/mol. The van der Waals surface area contributed by atoms with Gasteiger partial charge in [0, 0.05) is 19.1 Å². The van der Waals surface area contributed by atoms with Crippen molar-refractivity contribution in [3.8, 4) is 0 Å². The molecule has 0 aromatic rings. The van der Waals surface area contributed by atoms with Gasteiger partial charge in [-0.3, -0.25) is 0 Å². The molecular formula is C9H22ClN3O2S. The third kappa shape index (κ3) is 3.85. The Labute approximate surface area is 104 Å². The largest absolute Gasteiger partial charge is 0.330 e. The summed E-state index contributed by atoms with van der Waals surface area (Å²) in [6.45, 7) is 5.49. The van der Waals surface area contributed by atoms with E-state index < -0.39 is 10.2 Å². The minimum atomic E-state index is -3.29. The quantitative estimate of drug-likeness (QED) is 0.756. The second-order valence-corrected chi connectivity index (χ2v) is 5.86. The zero-order chi connectivity index (χ0) is 11.5. The first-order chi connectivity index (χ1) is 7.01. The third-order valence-corrected chi connectivity index (χ3v) is 4.48. The lowest BCUT2D eigenvalue weighted by atomic mass is 10.1. The highest BCUT2D eigenvalue weighted by Crippen LogP contribution is 2.24. The Kier molecular flexibility index (Phi) is 6.81. The van der Waals surface area contributed by atoms with E-state index in [2.05, 4.69) is 4.72 Å². The van der Waals surface area contributed by atoms with Gasteiger partial charge in [0.1, 0.15) is 0 Å². The number of rotatable bonds is 5. The Hall–Kier alpha value is 0.120. The molecule has 1 saturated heterocycles.